The van der Waals surface area contributed by atoms with Crippen LogP contribution in [-0.2, 0) is 9.59 Å². The van der Waals surface area contributed by atoms with Crippen LogP contribution < -0.4 is 0 Å². The summed E-state index contributed by atoms with van der Waals surface area (Å²) in [5.41, 5.74) is -2.52. The molecule has 0 aromatic heterocycles. The number of carbonyl (C=O) groups excluding carboxylic acids is 4. The van der Waals surface area contributed by atoms with Crippen LogP contribution in [0.3, 0.4) is 0 Å². The van der Waals surface area contributed by atoms with E-state index in [0.29, 0.717) is 51.6 Å². The largest absolute Gasteiger partial charge is 0.327 e. The predicted octanol–water partition coefficient (Wildman–Crippen LogP) is 4.38. The third kappa shape index (κ3) is 4.84. The van der Waals surface area contributed by atoms with Crippen molar-refractivity contribution in [2.45, 2.75) is 140 Å². The number of rotatable bonds is 7. The van der Waals surface area contributed by atoms with Crippen LogP contribution in [-0.4, -0.2) is 128 Å². The Balaban J connectivity index is 1.32. The second kappa shape index (κ2) is 10.2. The summed E-state index contributed by atoms with van der Waals surface area (Å²) >= 11 is 0. The molecular formula is C32H56N6O4. The molecule has 0 aromatic rings. The van der Waals surface area contributed by atoms with Crippen molar-refractivity contribution in [1.29, 1.82) is 0 Å². The van der Waals surface area contributed by atoms with E-state index in [1.165, 1.54) is 9.80 Å². The van der Waals surface area contributed by atoms with Crippen LogP contribution in [0.1, 0.15) is 107 Å². The highest BCUT2D eigenvalue weighted by atomic mass is 16.2. The second-order valence-electron chi connectivity index (χ2n) is 16.1. The Morgan fingerprint density at radius 1 is 0.476 bits per heavy atom. The number of hydrogen-bond acceptors (Lipinski definition) is 6. The van der Waals surface area contributed by atoms with Gasteiger partial charge >= 0.3 is 12.1 Å². The van der Waals surface area contributed by atoms with Gasteiger partial charge in [0.05, 0.1) is 0 Å². The Kier molecular flexibility index (Phi) is 7.93. The molecule has 0 saturated carbocycles. The minimum absolute atomic E-state index is 0.0742. The summed E-state index contributed by atoms with van der Waals surface area (Å²) in [4.78, 5) is 65.1. The number of likely N-dealkylation sites (tertiary alicyclic amines) is 2. The van der Waals surface area contributed by atoms with E-state index in [1.54, 1.807) is 23.9 Å². The molecule has 10 heteroatoms. The topological polar surface area (TPSA) is 87.7 Å². The number of piperidine rings is 2. The van der Waals surface area contributed by atoms with Crippen LogP contribution in [0.15, 0.2) is 0 Å². The minimum Gasteiger partial charge on any atom is -0.312 e. The molecule has 0 atom stereocenters. The van der Waals surface area contributed by atoms with Gasteiger partial charge in [0, 0.05) is 49.3 Å². The van der Waals surface area contributed by atoms with E-state index in [9.17, 15) is 19.2 Å². The molecule has 0 aromatic carbocycles. The highest BCUT2D eigenvalue weighted by Crippen LogP contribution is 2.49. The average Bonchev–Trinajstić information content (AvgIpc) is 3.13. The summed E-state index contributed by atoms with van der Waals surface area (Å²) < 4.78 is 0. The van der Waals surface area contributed by atoms with Gasteiger partial charge in [-0.25, -0.2) is 9.59 Å². The lowest BCUT2D eigenvalue weighted by molar-refractivity contribution is -0.144. The first-order chi connectivity index (χ1) is 19.1. The molecule has 238 valence electrons. The molecule has 42 heavy (non-hydrogen) atoms. The first kappa shape index (κ1) is 32.7. The Labute approximate surface area is 253 Å². The van der Waals surface area contributed by atoms with Crippen molar-refractivity contribution in [3.63, 3.8) is 0 Å². The zero-order chi connectivity index (χ0) is 31.8. The summed E-state index contributed by atoms with van der Waals surface area (Å²) in [7, 11) is 7.75. The Morgan fingerprint density at radius 3 is 1.00 bits per heavy atom. The molecule has 4 fully saturated rings. The first-order valence-electron chi connectivity index (χ1n) is 15.7. The van der Waals surface area contributed by atoms with Crippen LogP contribution in [0.25, 0.3) is 0 Å². The van der Waals surface area contributed by atoms with Gasteiger partial charge in [0.25, 0.3) is 11.8 Å². The SMILES string of the molecule is CN1C(C)(C)CC2(CC1(C)C)C(=O)N(CCCCCCN1C(=O)N(C)C3(CC(C)(C)N(C)C(C)(C)C3)C1=O)C(=O)N2C. The van der Waals surface area contributed by atoms with Gasteiger partial charge in [0.15, 0.2) is 0 Å². The number of urea groups is 2. The lowest BCUT2D eigenvalue weighted by Crippen LogP contribution is -2.68. The van der Waals surface area contributed by atoms with Gasteiger partial charge in [-0.15, -0.1) is 0 Å². The number of unbranched alkanes of at least 4 members (excludes halogenated alkanes) is 3. The van der Waals surface area contributed by atoms with Gasteiger partial charge in [-0.05, 0) is 108 Å². The molecule has 2 spiro atoms. The fourth-order valence-corrected chi connectivity index (χ4v) is 8.86. The van der Waals surface area contributed by atoms with Crippen molar-refractivity contribution < 1.29 is 19.2 Å². The van der Waals surface area contributed by atoms with Gasteiger partial charge < -0.3 is 9.80 Å². The molecule has 0 N–H and O–H groups in total. The molecule has 0 radical (unpaired) electrons. The van der Waals surface area contributed by atoms with Gasteiger partial charge in [0.1, 0.15) is 11.1 Å². The van der Waals surface area contributed by atoms with Gasteiger partial charge in [-0.2, -0.15) is 0 Å². The fraction of sp³-hybridized carbons (Fsp3) is 0.875. The van der Waals surface area contributed by atoms with Crippen molar-refractivity contribution in [2.24, 2.45) is 0 Å². The number of amides is 6. The van der Waals surface area contributed by atoms with E-state index in [0.717, 1.165) is 12.8 Å². The molecule has 4 aliphatic rings. The molecule has 4 aliphatic heterocycles. The van der Waals surface area contributed by atoms with E-state index in [-0.39, 0.29) is 46.0 Å². The van der Waals surface area contributed by atoms with E-state index in [1.807, 2.05) is 0 Å². The van der Waals surface area contributed by atoms with Crippen LogP contribution in [0.4, 0.5) is 9.59 Å². The normalized spacial score (nSPS) is 28.2. The fourth-order valence-electron chi connectivity index (χ4n) is 8.86. The lowest BCUT2D eigenvalue weighted by Gasteiger charge is -2.57. The van der Waals surface area contributed by atoms with Crippen LogP contribution >= 0.6 is 0 Å². The molecule has 4 heterocycles. The van der Waals surface area contributed by atoms with Gasteiger partial charge in [-0.1, -0.05) is 12.8 Å². The van der Waals surface area contributed by atoms with Crippen molar-refractivity contribution in [2.75, 3.05) is 41.3 Å². The predicted molar refractivity (Wildman–Crippen MR) is 164 cm³/mol. The maximum absolute atomic E-state index is 13.8. The summed E-state index contributed by atoms with van der Waals surface area (Å²) in [6, 6.07) is -0.413. The number of imide groups is 2. The number of nitrogens with zero attached hydrogens (tertiary/aromatic N) is 6. The number of likely N-dealkylation sites (N-methyl/N-ethyl adjacent to an activating group) is 2. The van der Waals surface area contributed by atoms with E-state index < -0.39 is 11.1 Å². The highest BCUT2D eigenvalue weighted by Gasteiger charge is 2.64. The average molecular weight is 589 g/mol. The minimum atomic E-state index is -0.813. The monoisotopic (exact) mass is 588 g/mol. The third-order valence-corrected chi connectivity index (χ3v) is 11.7. The van der Waals surface area contributed by atoms with Gasteiger partial charge in [-0.3, -0.25) is 29.2 Å². The van der Waals surface area contributed by atoms with Crippen molar-refractivity contribution in [3.05, 3.63) is 0 Å². The zero-order valence-electron chi connectivity index (χ0n) is 28.4. The van der Waals surface area contributed by atoms with Crippen LogP contribution in [0.5, 0.6) is 0 Å². The number of carbonyl (C=O) groups is 4. The standard InChI is InChI=1S/C32H56N6O4/c1-27(2)19-31(20-28(3,4)35(27)11)23(39)37(25(41)33(31)9)17-15-13-14-16-18-38-24(40)32(34(10)26(38)42)21-29(5,6)36(12)30(7,8)22-32/h13-22H2,1-12H3. The van der Waals surface area contributed by atoms with E-state index in [4.69, 9.17) is 0 Å². The summed E-state index contributed by atoms with van der Waals surface area (Å²) in [6.07, 6.45) is 5.46. The maximum atomic E-state index is 13.8. The summed E-state index contributed by atoms with van der Waals surface area (Å²) in [5, 5.41) is 0. The van der Waals surface area contributed by atoms with Crippen LogP contribution in [0, 0.1) is 0 Å². The van der Waals surface area contributed by atoms with Crippen molar-refractivity contribution in [1.82, 2.24) is 29.4 Å². The smallest absolute Gasteiger partial charge is 0.312 e. The first-order valence-corrected chi connectivity index (χ1v) is 15.7. The lowest BCUT2D eigenvalue weighted by atomic mass is 9.68. The Hall–Kier alpha value is -2.20. The van der Waals surface area contributed by atoms with Crippen molar-refractivity contribution >= 4 is 23.9 Å². The Morgan fingerprint density at radius 2 is 0.738 bits per heavy atom. The maximum Gasteiger partial charge on any atom is 0.327 e. The zero-order valence-corrected chi connectivity index (χ0v) is 28.4. The third-order valence-electron chi connectivity index (χ3n) is 11.7. The van der Waals surface area contributed by atoms with E-state index >= 15 is 0 Å². The van der Waals surface area contributed by atoms with E-state index in [2.05, 4.69) is 79.3 Å². The molecule has 0 aliphatic carbocycles. The molecular weight excluding hydrogens is 532 g/mol. The Bertz CT molecular complexity index is 1020. The van der Waals surface area contributed by atoms with Crippen LogP contribution in [0.2, 0.25) is 0 Å². The summed E-state index contributed by atoms with van der Waals surface area (Å²) in [5.74, 6) is -0.148. The summed E-state index contributed by atoms with van der Waals surface area (Å²) in [6.45, 7) is 18.0. The highest BCUT2D eigenvalue weighted by molar-refractivity contribution is 6.08. The molecule has 0 unspecified atom stereocenters. The molecule has 10 nitrogen and oxygen atoms in total. The molecule has 4 saturated heterocycles. The number of hydrogen-bond donors (Lipinski definition) is 0. The molecule has 6 amide bonds. The second-order valence-corrected chi connectivity index (χ2v) is 16.1. The molecule has 0 bridgehead atoms. The van der Waals surface area contributed by atoms with Gasteiger partial charge in [0.2, 0.25) is 0 Å². The molecule has 4 rings (SSSR count). The van der Waals surface area contributed by atoms with Crippen molar-refractivity contribution in [3.8, 4) is 0 Å². The quantitative estimate of drug-likeness (QED) is 0.324.